The standard InChI is InChI=1S/C22H21ClN2O4S/c1-15(26)25(19-9-5-6-10-20(19)28-2)22-24-17(14-30-22)13-29-21(27)12-11-16-7-3-4-8-18(16)23/h3-10,14H,11-13H2,1-2H3. The third kappa shape index (κ3) is 5.37. The minimum Gasteiger partial charge on any atom is -0.495 e. The van der Waals surface area contributed by atoms with Crippen LogP contribution in [0.4, 0.5) is 10.8 Å². The maximum atomic E-state index is 12.3. The molecule has 8 heteroatoms. The summed E-state index contributed by atoms with van der Waals surface area (Å²) in [6.07, 6.45) is 0.730. The Morgan fingerprint density at radius 1 is 1.13 bits per heavy atom. The zero-order valence-electron chi connectivity index (χ0n) is 16.6. The zero-order valence-corrected chi connectivity index (χ0v) is 18.2. The second-order valence-electron chi connectivity index (χ2n) is 6.40. The molecule has 0 saturated heterocycles. The van der Waals surface area contributed by atoms with Gasteiger partial charge in [-0.25, -0.2) is 4.98 Å². The summed E-state index contributed by atoms with van der Waals surface area (Å²) in [5, 5.41) is 2.88. The lowest BCUT2D eigenvalue weighted by Gasteiger charge is -2.20. The number of carbonyl (C=O) groups excluding carboxylic acids is 2. The molecular weight excluding hydrogens is 424 g/mol. The summed E-state index contributed by atoms with van der Waals surface area (Å²) in [5.41, 5.74) is 2.08. The van der Waals surface area contributed by atoms with Crippen molar-refractivity contribution >= 4 is 45.6 Å². The number of aromatic nitrogens is 1. The third-order valence-electron chi connectivity index (χ3n) is 4.31. The molecule has 0 aliphatic rings. The van der Waals surface area contributed by atoms with Crippen LogP contribution in [0.15, 0.2) is 53.9 Å². The van der Waals surface area contributed by atoms with Gasteiger partial charge in [0, 0.05) is 23.7 Å². The van der Waals surface area contributed by atoms with Crippen LogP contribution in [0, 0.1) is 0 Å². The number of carbonyl (C=O) groups is 2. The number of para-hydroxylation sites is 2. The average molecular weight is 445 g/mol. The molecule has 3 rings (SSSR count). The first kappa shape index (κ1) is 21.8. The van der Waals surface area contributed by atoms with Gasteiger partial charge in [0.05, 0.1) is 18.5 Å². The molecule has 30 heavy (non-hydrogen) atoms. The van der Waals surface area contributed by atoms with Crippen LogP contribution in [0.1, 0.15) is 24.6 Å². The Morgan fingerprint density at radius 2 is 1.87 bits per heavy atom. The van der Waals surface area contributed by atoms with Gasteiger partial charge in [0.15, 0.2) is 5.13 Å². The molecule has 1 aromatic heterocycles. The van der Waals surface area contributed by atoms with Gasteiger partial charge in [-0.05, 0) is 30.2 Å². The largest absolute Gasteiger partial charge is 0.495 e. The van der Waals surface area contributed by atoms with Crippen molar-refractivity contribution in [1.82, 2.24) is 4.98 Å². The van der Waals surface area contributed by atoms with Crippen molar-refractivity contribution in [2.75, 3.05) is 12.0 Å². The summed E-state index contributed by atoms with van der Waals surface area (Å²) in [5.74, 6) is 0.0326. The van der Waals surface area contributed by atoms with Gasteiger partial charge in [0.2, 0.25) is 5.91 Å². The molecular formula is C22H21ClN2O4S. The molecule has 1 amide bonds. The molecule has 0 atom stereocenters. The number of amides is 1. The number of aryl methyl sites for hydroxylation is 1. The fraction of sp³-hybridized carbons (Fsp3) is 0.227. The molecule has 0 fully saturated rings. The van der Waals surface area contributed by atoms with Gasteiger partial charge in [-0.15, -0.1) is 11.3 Å². The van der Waals surface area contributed by atoms with E-state index in [1.165, 1.54) is 23.2 Å². The smallest absolute Gasteiger partial charge is 0.306 e. The maximum Gasteiger partial charge on any atom is 0.306 e. The number of thiazole rings is 1. The molecule has 0 aliphatic heterocycles. The van der Waals surface area contributed by atoms with Crippen molar-refractivity contribution in [2.45, 2.75) is 26.4 Å². The summed E-state index contributed by atoms with van der Waals surface area (Å²) in [4.78, 5) is 30.3. The molecule has 0 saturated carbocycles. The topological polar surface area (TPSA) is 68.7 Å². The molecule has 1 heterocycles. The van der Waals surface area contributed by atoms with Crippen LogP contribution >= 0.6 is 22.9 Å². The number of rotatable bonds is 8. The lowest BCUT2D eigenvalue weighted by Crippen LogP contribution is -2.23. The highest BCUT2D eigenvalue weighted by Gasteiger charge is 2.21. The highest BCUT2D eigenvalue weighted by molar-refractivity contribution is 7.14. The van der Waals surface area contributed by atoms with Gasteiger partial charge in [-0.2, -0.15) is 0 Å². The molecule has 0 radical (unpaired) electrons. The normalized spacial score (nSPS) is 10.5. The lowest BCUT2D eigenvalue weighted by molar-refractivity contribution is -0.145. The number of hydrogen-bond acceptors (Lipinski definition) is 6. The fourth-order valence-corrected chi connectivity index (χ4v) is 3.95. The number of anilines is 2. The number of methoxy groups -OCH3 is 1. The van der Waals surface area contributed by atoms with E-state index in [0.717, 1.165) is 5.56 Å². The molecule has 0 unspecified atom stereocenters. The minimum absolute atomic E-state index is 0.0372. The number of halogens is 1. The van der Waals surface area contributed by atoms with Crippen LogP contribution < -0.4 is 9.64 Å². The van der Waals surface area contributed by atoms with Crippen molar-refractivity contribution in [1.29, 1.82) is 0 Å². The molecule has 3 aromatic rings. The van der Waals surface area contributed by atoms with Crippen molar-refractivity contribution < 1.29 is 19.1 Å². The average Bonchev–Trinajstić information content (AvgIpc) is 3.20. The molecule has 0 spiro atoms. The Morgan fingerprint density at radius 3 is 2.60 bits per heavy atom. The van der Waals surface area contributed by atoms with E-state index in [2.05, 4.69) is 4.98 Å². The Kier molecular flexibility index (Phi) is 7.43. The van der Waals surface area contributed by atoms with Crippen molar-refractivity contribution in [3.63, 3.8) is 0 Å². The lowest BCUT2D eigenvalue weighted by atomic mass is 10.1. The number of benzene rings is 2. The third-order valence-corrected chi connectivity index (χ3v) is 5.55. The Balaban J connectivity index is 1.63. The van der Waals surface area contributed by atoms with E-state index < -0.39 is 0 Å². The summed E-state index contributed by atoms with van der Waals surface area (Å²) in [7, 11) is 1.55. The first-order valence-electron chi connectivity index (χ1n) is 9.26. The number of hydrogen-bond donors (Lipinski definition) is 0. The van der Waals surface area contributed by atoms with Crippen molar-refractivity contribution in [2.24, 2.45) is 0 Å². The highest BCUT2D eigenvalue weighted by atomic mass is 35.5. The van der Waals surface area contributed by atoms with Crippen LogP contribution in [0.25, 0.3) is 0 Å². The molecule has 0 N–H and O–H groups in total. The summed E-state index contributed by atoms with van der Waals surface area (Å²) < 4.78 is 10.7. The highest BCUT2D eigenvalue weighted by Crippen LogP contribution is 2.35. The van der Waals surface area contributed by atoms with Gasteiger partial charge >= 0.3 is 5.97 Å². The maximum absolute atomic E-state index is 12.3. The molecule has 6 nitrogen and oxygen atoms in total. The second kappa shape index (κ2) is 10.2. The van der Waals surface area contributed by atoms with E-state index in [1.54, 1.807) is 30.7 Å². The van der Waals surface area contributed by atoms with Crippen LogP contribution in [0.5, 0.6) is 5.75 Å². The van der Waals surface area contributed by atoms with E-state index in [9.17, 15) is 9.59 Å². The van der Waals surface area contributed by atoms with Gasteiger partial charge in [0.1, 0.15) is 12.4 Å². The summed E-state index contributed by atoms with van der Waals surface area (Å²) >= 11 is 7.40. The fourth-order valence-electron chi connectivity index (χ4n) is 2.85. The number of esters is 1. The van der Waals surface area contributed by atoms with E-state index in [4.69, 9.17) is 21.1 Å². The Bertz CT molecular complexity index is 1040. The molecule has 156 valence electrons. The van der Waals surface area contributed by atoms with Gasteiger partial charge in [-0.1, -0.05) is 41.9 Å². The van der Waals surface area contributed by atoms with E-state index in [-0.39, 0.29) is 24.9 Å². The van der Waals surface area contributed by atoms with Crippen molar-refractivity contribution in [3.8, 4) is 5.75 Å². The van der Waals surface area contributed by atoms with Gasteiger partial charge in [-0.3, -0.25) is 14.5 Å². The molecule has 2 aromatic carbocycles. The van der Waals surface area contributed by atoms with E-state index >= 15 is 0 Å². The second-order valence-corrected chi connectivity index (χ2v) is 7.64. The quantitative estimate of drug-likeness (QED) is 0.448. The van der Waals surface area contributed by atoms with E-state index in [0.29, 0.717) is 33.7 Å². The predicted octanol–water partition coefficient (Wildman–Crippen LogP) is 5.17. The number of nitrogens with zero attached hydrogens (tertiary/aromatic N) is 2. The molecule has 0 aliphatic carbocycles. The predicted molar refractivity (Wildman–Crippen MR) is 117 cm³/mol. The van der Waals surface area contributed by atoms with Crippen LogP contribution in [0.3, 0.4) is 0 Å². The van der Waals surface area contributed by atoms with Crippen LogP contribution in [-0.4, -0.2) is 24.0 Å². The van der Waals surface area contributed by atoms with Gasteiger partial charge in [0.25, 0.3) is 0 Å². The number of ether oxygens (including phenoxy) is 2. The first-order chi connectivity index (χ1) is 14.5. The van der Waals surface area contributed by atoms with Crippen LogP contribution in [0.2, 0.25) is 5.02 Å². The van der Waals surface area contributed by atoms with Gasteiger partial charge < -0.3 is 9.47 Å². The Hall–Kier alpha value is -2.90. The van der Waals surface area contributed by atoms with E-state index in [1.807, 2.05) is 30.3 Å². The summed E-state index contributed by atoms with van der Waals surface area (Å²) in [6.45, 7) is 1.50. The monoisotopic (exact) mass is 444 g/mol. The zero-order chi connectivity index (χ0) is 21.5. The SMILES string of the molecule is COc1ccccc1N(C(C)=O)c1nc(COC(=O)CCc2ccccc2Cl)cs1. The van der Waals surface area contributed by atoms with Crippen molar-refractivity contribution in [3.05, 3.63) is 70.2 Å². The molecule has 0 bridgehead atoms. The Labute approximate surface area is 184 Å². The minimum atomic E-state index is -0.336. The summed E-state index contributed by atoms with van der Waals surface area (Å²) in [6, 6.07) is 14.6. The first-order valence-corrected chi connectivity index (χ1v) is 10.5. The van der Waals surface area contributed by atoms with Crippen LogP contribution in [-0.2, 0) is 27.4 Å².